The predicted octanol–water partition coefficient (Wildman–Crippen LogP) is 4.14. The van der Waals surface area contributed by atoms with E-state index < -0.39 is 12.1 Å². The Bertz CT molecular complexity index is 1110. The molecule has 8 nitrogen and oxygen atoms in total. The monoisotopic (exact) mass is 461 g/mol. The molecule has 1 amide bonds. The molecular formula is C26H31N5O3. The molecule has 0 saturated carbocycles. The van der Waals surface area contributed by atoms with E-state index in [9.17, 15) is 9.59 Å². The molecule has 1 aromatic heterocycles. The Morgan fingerprint density at radius 2 is 1.74 bits per heavy atom. The van der Waals surface area contributed by atoms with Gasteiger partial charge in [0.1, 0.15) is 12.6 Å². The number of nitrogens with one attached hydrogen (secondary N) is 1. The third-order valence-electron chi connectivity index (χ3n) is 6.49. The number of alkyl carbamates (subject to hydrolysis) is 1. The summed E-state index contributed by atoms with van der Waals surface area (Å²) in [6, 6.07) is 15.9. The van der Waals surface area contributed by atoms with E-state index in [1.165, 1.54) is 29.2 Å². The summed E-state index contributed by atoms with van der Waals surface area (Å²) in [5.41, 5.74) is 11.8. The number of carbonyl (C=O) groups is 2. The van der Waals surface area contributed by atoms with Gasteiger partial charge in [0.25, 0.3) is 0 Å². The molecule has 1 aliphatic carbocycles. The molecule has 1 aliphatic rings. The van der Waals surface area contributed by atoms with Crippen LogP contribution in [0.25, 0.3) is 11.1 Å². The zero-order valence-electron chi connectivity index (χ0n) is 19.6. The number of unbranched alkanes of at least 4 members (excludes halogenated alkanes) is 1. The van der Waals surface area contributed by atoms with E-state index in [1.807, 2.05) is 24.3 Å². The van der Waals surface area contributed by atoms with Crippen LogP contribution in [0.5, 0.6) is 0 Å². The smallest absolute Gasteiger partial charge is 0.407 e. The zero-order chi connectivity index (χ0) is 24.1. The number of fused-ring (bicyclic) bond motifs is 3. The Labute approximate surface area is 199 Å². The molecule has 0 bridgehead atoms. The van der Waals surface area contributed by atoms with Crippen LogP contribution in [0.15, 0.2) is 54.7 Å². The molecule has 2 atom stereocenters. The van der Waals surface area contributed by atoms with Gasteiger partial charge in [0, 0.05) is 18.5 Å². The first-order valence-corrected chi connectivity index (χ1v) is 11.7. The Morgan fingerprint density at radius 3 is 2.38 bits per heavy atom. The number of ketones is 1. The van der Waals surface area contributed by atoms with Crippen LogP contribution in [0.2, 0.25) is 0 Å². The summed E-state index contributed by atoms with van der Waals surface area (Å²) in [6.45, 7) is 4.11. The standard InChI is InChI=1S/C26H31N5O3/c1-17(18(2)32)31-25(15-29-30-31)24(27)13-7-8-14-28-26(33)34-16-23-21-11-5-3-9-19(21)20-10-4-6-12-22(20)23/h3-6,9-12,15,17,23-24H,7-8,13-14,16,27H2,1-2H3,(H,28,33)/t17-,24-/m0/s1. The number of hydrogen-bond donors (Lipinski definition) is 2. The van der Waals surface area contributed by atoms with Crippen molar-refractivity contribution in [3.63, 3.8) is 0 Å². The second kappa shape index (κ2) is 10.6. The maximum atomic E-state index is 12.3. The molecule has 34 heavy (non-hydrogen) atoms. The molecule has 0 radical (unpaired) electrons. The predicted molar refractivity (Wildman–Crippen MR) is 129 cm³/mol. The van der Waals surface area contributed by atoms with Crippen molar-refractivity contribution in [1.82, 2.24) is 20.3 Å². The number of amides is 1. The van der Waals surface area contributed by atoms with E-state index in [4.69, 9.17) is 10.5 Å². The van der Waals surface area contributed by atoms with Crippen LogP contribution in [0.4, 0.5) is 4.79 Å². The summed E-state index contributed by atoms with van der Waals surface area (Å²) in [5.74, 6) is 0.0539. The number of rotatable bonds is 10. The third kappa shape index (κ3) is 5.02. The van der Waals surface area contributed by atoms with Gasteiger partial charge in [-0.1, -0.05) is 53.7 Å². The van der Waals surface area contributed by atoms with E-state index >= 15 is 0 Å². The molecule has 4 rings (SSSR count). The second-order valence-corrected chi connectivity index (χ2v) is 8.74. The summed E-state index contributed by atoms with van der Waals surface area (Å²) in [7, 11) is 0. The van der Waals surface area contributed by atoms with E-state index in [2.05, 4.69) is 39.9 Å². The van der Waals surface area contributed by atoms with Gasteiger partial charge in [-0.2, -0.15) is 0 Å². The lowest BCUT2D eigenvalue weighted by Gasteiger charge is -2.16. The van der Waals surface area contributed by atoms with E-state index in [0.717, 1.165) is 18.5 Å². The first-order chi connectivity index (χ1) is 16.5. The van der Waals surface area contributed by atoms with Crippen LogP contribution < -0.4 is 11.1 Å². The molecular weight excluding hydrogens is 430 g/mol. The highest BCUT2D eigenvalue weighted by Crippen LogP contribution is 2.44. The van der Waals surface area contributed by atoms with Crippen molar-refractivity contribution in [1.29, 1.82) is 0 Å². The summed E-state index contributed by atoms with van der Waals surface area (Å²) >= 11 is 0. The molecule has 0 saturated heterocycles. The van der Waals surface area contributed by atoms with E-state index in [1.54, 1.807) is 17.8 Å². The minimum Gasteiger partial charge on any atom is -0.449 e. The lowest BCUT2D eigenvalue weighted by Crippen LogP contribution is -2.27. The quantitative estimate of drug-likeness (QED) is 0.439. The fraction of sp³-hybridized carbons (Fsp3) is 0.385. The largest absolute Gasteiger partial charge is 0.449 e. The molecule has 0 unspecified atom stereocenters. The number of nitrogens with zero attached hydrogens (tertiary/aromatic N) is 3. The third-order valence-corrected chi connectivity index (χ3v) is 6.49. The van der Waals surface area contributed by atoms with Gasteiger partial charge in [-0.3, -0.25) is 4.79 Å². The normalized spacial score (nSPS) is 14.2. The maximum absolute atomic E-state index is 12.3. The van der Waals surface area contributed by atoms with Crippen LogP contribution in [0, 0.1) is 0 Å². The van der Waals surface area contributed by atoms with Gasteiger partial charge < -0.3 is 15.8 Å². The van der Waals surface area contributed by atoms with Crippen molar-refractivity contribution in [2.24, 2.45) is 5.73 Å². The number of ether oxygens (including phenoxy) is 1. The van der Waals surface area contributed by atoms with Gasteiger partial charge in [0.05, 0.1) is 11.9 Å². The first kappa shape index (κ1) is 23.6. The average molecular weight is 462 g/mol. The SMILES string of the molecule is CC(=O)[C@H](C)n1nncc1[C@@H](N)CCCCNC(=O)OCC1c2ccccc2-c2ccccc21. The molecule has 178 valence electrons. The summed E-state index contributed by atoms with van der Waals surface area (Å²) in [5, 5.41) is 10.7. The van der Waals surface area contributed by atoms with Crippen LogP contribution in [0.1, 0.15) is 67.9 Å². The van der Waals surface area contributed by atoms with Crippen LogP contribution in [-0.4, -0.2) is 40.0 Å². The van der Waals surface area contributed by atoms with Crippen LogP contribution >= 0.6 is 0 Å². The molecule has 8 heteroatoms. The van der Waals surface area contributed by atoms with E-state index in [0.29, 0.717) is 19.6 Å². The minimum atomic E-state index is -0.413. The Morgan fingerprint density at radius 1 is 1.09 bits per heavy atom. The maximum Gasteiger partial charge on any atom is 0.407 e. The van der Waals surface area contributed by atoms with Gasteiger partial charge in [-0.25, -0.2) is 9.48 Å². The Kier molecular flexibility index (Phi) is 7.37. The molecule has 0 aliphatic heterocycles. The van der Waals surface area contributed by atoms with Crippen molar-refractivity contribution < 1.29 is 14.3 Å². The Hall–Kier alpha value is -3.52. The van der Waals surface area contributed by atoms with Crippen LogP contribution in [0.3, 0.4) is 0 Å². The number of benzene rings is 2. The zero-order valence-corrected chi connectivity index (χ0v) is 19.6. The van der Waals surface area contributed by atoms with Gasteiger partial charge in [0.2, 0.25) is 0 Å². The number of Topliss-reactive ketones (excluding diaryl/α,β-unsaturated/α-hetero) is 1. The molecule has 0 fully saturated rings. The summed E-state index contributed by atoms with van der Waals surface area (Å²) < 4.78 is 7.15. The summed E-state index contributed by atoms with van der Waals surface area (Å²) in [6.07, 6.45) is 3.47. The highest BCUT2D eigenvalue weighted by Gasteiger charge is 2.29. The van der Waals surface area contributed by atoms with Crippen molar-refractivity contribution >= 4 is 11.9 Å². The van der Waals surface area contributed by atoms with Crippen molar-refractivity contribution in [2.75, 3.05) is 13.2 Å². The minimum absolute atomic E-state index is 0.00578. The van der Waals surface area contributed by atoms with Crippen LogP contribution in [-0.2, 0) is 9.53 Å². The fourth-order valence-electron chi connectivity index (χ4n) is 4.47. The number of hydrogen-bond acceptors (Lipinski definition) is 6. The second-order valence-electron chi connectivity index (χ2n) is 8.74. The number of carbonyl (C=O) groups excluding carboxylic acids is 2. The first-order valence-electron chi connectivity index (χ1n) is 11.7. The van der Waals surface area contributed by atoms with Crippen molar-refractivity contribution in [3.05, 3.63) is 71.5 Å². The number of nitrogens with two attached hydrogens (primary N) is 1. The molecule has 3 N–H and O–H groups in total. The number of aromatic nitrogens is 3. The molecule has 2 aromatic carbocycles. The Balaban J connectivity index is 1.21. The molecule has 0 spiro atoms. The highest BCUT2D eigenvalue weighted by molar-refractivity contribution is 5.79. The van der Waals surface area contributed by atoms with Gasteiger partial charge in [-0.05, 0) is 55.4 Å². The van der Waals surface area contributed by atoms with Gasteiger partial charge >= 0.3 is 6.09 Å². The lowest BCUT2D eigenvalue weighted by molar-refractivity contribution is -0.120. The average Bonchev–Trinajstić information content (AvgIpc) is 3.45. The lowest BCUT2D eigenvalue weighted by atomic mass is 9.98. The molecule has 3 aromatic rings. The van der Waals surface area contributed by atoms with Crippen molar-refractivity contribution in [3.8, 4) is 11.1 Å². The molecule has 1 heterocycles. The summed E-state index contributed by atoms with van der Waals surface area (Å²) in [4.78, 5) is 23.9. The van der Waals surface area contributed by atoms with Crippen molar-refractivity contribution in [2.45, 2.75) is 51.1 Å². The van der Waals surface area contributed by atoms with Gasteiger partial charge in [0.15, 0.2) is 5.78 Å². The highest BCUT2D eigenvalue weighted by atomic mass is 16.5. The van der Waals surface area contributed by atoms with Gasteiger partial charge in [-0.15, -0.1) is 5.10 Å². The van der Waals surface area contributed by atoms with E-state index in [-0.39, 0.29) is 17.7 Å². The fourth-order valence-corrected chi connectivity index (χ4v) is 4.47. The topological polar surface area (TPSA) is 112 Å².